The quantitative estimate of drug-likeness (QED) is 0.566. The van der Waals surface area contributed by atoms with Gasteiger partial charge in [-0.05, 0) is 24.8 Å². The normalized spacial score (nSPS) is 24.9. The highest BCUT2D eigenvalue weighted by atomic mass is 16.2. The van der Waals surface area contributed by atoms with Gasteiger partial charge in [-0.3, -0.25) is 9.59 Å². The van der Waals surface area contributed by atoms with Crippen molar-refractivity contribution >= 4 is 12.3 Å². The second-order valence-electron chi connectivity index (χ2n) is 5.60. The molecule has 1 aliphatic rings. The molecule has 1 rings (SSSR count). The first-order valence-electron chi connectivity index (χ1n) is 6.72. The number of hydrogen-bond acceptors (Lipinski definition) is 3. The van der Waals surface area contributed by atoms with Crippen molar-refractivity contribution < 1.29 is 9.59 Å². The highest BCUT2D eigenvalue weighted by Crippen LogP contribution is 2.13. The molecular weight excluding hydrogens is 230 g/mol. The van der Waals surface area contributed by atoms with Crippen LogP contribution in [0.3, 0.4) is 0 Å². The molecule has 0 aromatic heterocycles. The van der Waals surface area contributed by atoms with E-state index in [1.54, 1.807) is 0 Å². The first-order valence-corrected chi connectivity index (χ1v) is 6.72. The van der Waals surface area contributed by atoms with Gasteiger partial charge in [0.1, 0.15) is 0 Å². The van der Waals surface area contributed by atoms with Crippen LogP contribution in [-0.4, -0.2) is 38.0 Å². The molecule has 1 fully saturated rings. The molecule has 1 saturated heterocycles. The number of hydrogen-bond donors (Lipinski definition) is 3. The van der Waals surface area contributed by atoms with E-state index < -0.39 is 0 Å². The van der Waals surface area contributed by atoms with Gasteiger partial charge in [0.05, 0.1) is 5.92 Å². The minimum atomic E-state index is -0.136. The average molecular weight is 255 g/mol. The highest BCUT2D eigenvalue weighted by molar-refractivity contribution is 5.79. The van der Waals surface area contributed by atoms with Crippen LogP contribution in [0.15, 0.2) is 0 Å². The minimum Gasteiger partial charge on any atom is -0.358 e. The Morgan fingerprint density at radius 3 is 2.67 bits per heavy atom. The highest BCUT2D eigenvalue weighted by Gasteiger charge is 2.27. The maximum Gasteiger partial charge on any atom is 0.225 e. The second-order valence-corrected chi connectivity index (χ2v) is 5.60. The zero-order valence-corrected chi connectivity index (χ0v) is 11.5. The van der Waals surface area contributed by atoms with Crippen molar-refractivity contribution in [2.45, 2.75) is 33.2 Å². The van der Waals surface area contributed by atoms with Gasteiger partial charge in [0.25, 0.3) is 0 Å². The summed E-state index contributed by atoms with van der Waals surface area (Å²) in [7, 11) is 0. The van der Waals surface area contributed by atoms with E-state index in [1.807, 2.05) is 0 Å². The molecule has 3 N–H and O–H groups in total. The van der Waals surface area contributed by atoms with Crippen LogP contribution < -0.4 is 16.0 Å². The molecule has 5 heteroatoms. The Morgan fingerprint density at radius 1 is 1.44 bits per heavy atom. The molecule has 3 atom stereocenters. The first-order chi connectivity index (χ1) is 8.54. The molecule has 0 radical (unpaired) electrons. The summed E-state index contributed by atoms with van der Waals surface area (Å²) in [5, 5.41) is 8.96. The molecule has 0 aromatic carbocycles. The lowest BCUT2D eigenvalue weighted by Gasteiger charge is -2.22. The maximum absolute atomic E-state index is 12.2. The Kier molecular flexibility index (Phi) is 6.12. The van der Waals surface area contributed by atoms with Gasteiger partial charge in [0.15, 0.2) is 0 Å². The molecule has 104 valence electrons. The van der Waals surface area contributed by atoms with Crippen LogP contribution >= 0.6 is 0 Å². The Bertz CT molecular complexity index is 281. The average Bonchev–Trinajstić information content (AvgIpc) is 2.70. The molecule has 0 aromatic rings. The zero-order valence-electron chi connectivity index (χ0n) is 11.5. The predicted molar refractivity (Wildman–Crippen MR) is 71.0 cm³/mol. The number of amides is 2. The van der Waals surface area contributed by atoms with Gasteiger partial charge in [-0.25, -0.2) is 0 Å². The standard InChI is InChI=1S/C13H25N3O2/c1-9(2)4-11(6-15-8-17)13(18)16-12-7-14-5-10(12)3/h8-12,14H,4-7H2,1-3H3,(H,15,17)(H,16,18). The lowest BCUT2D eigenvalue weighted by molar-refractivity contribution is -0.126. The van der Waals surface area contributed by atoms with Gasteiger partial charge >= 0.3 is 0 Å². The first kappa shape index (κ1) is 15.0. The molecule has 3 unspecified atom stereocenters. The van der Waals surface area contributed by atoms with Gasteiger partial charge < -0.3 is 16.0 Å². The van der Waals surface area contributed by atoms with Crippen molar-refractivity contribution in [3.05, 3.63) is 0 Å². The third-order valence-corrected chi connectivity index (χ3v) is 3.42. The van der Waals surface area contributed by atoms with Crippen LogP contribution in [0.4, 0.5) is 0 Å². The minimum absolute atomic E-state index is 0.0543. The fraction of sp³-hybridized carbons (Fsp3) is 0.846. The molecule has 5 nitrogen and oxygen atoms in total. The van der Waals surface area contributed by atoms with Gasteiger partial charge in [-0.1, -0.05) is 20.8 Å². The molecule has 0 spiro atoms. The Morgan fingerprint density at radius 2 is 2.17 bits per heavy atom. The summed E-state index contributed by atoms with van der Waals surface area (Å²) < 4.78 is 0. The third-order valence-electron chi connectivity index (χ3n) is 3.42. The number of rotatable bonds is 7. The molecular formula is C13H25N3O2. The van der Waals surface area contributed by atoms with E-state index in [2.05, 4.69) is 36.7 Å². The molecule has 0 aliphatic carbocycles. The molecule has 0 bridgehead atoms. The maximum atomic E-state index is 12.2. The Balaban J connectivity index is 2.49. The summed E-state index contributed by atoms with van der Waals surface area (Å²) in [6.07, 6.45) is 1.45. The second kappa shape index (κ2) is 7.36. The van der Waals surface area contributed by atoms with Crippen LogP contribution in [0.25, 0.3) is 0 Å². The molecule has 2 amide bonds. The summed E-state index contributed by atoms with van der Waals surface area (Å²) in [6.45, 7) is 8.50. The number of carbonyl (C=O) groups is 2. The van der Waals surface area contributed by atoms with E-state index in [1.165, 1.54) is 0 Å². The number of carbonyl (C=O) groups excluding carboxylic acids is 2. The Labute approximate surface area is 109 Å². The molecule has 1 heterocycles. The van der Waals surface area contributed by atoms with Crippen molar-refractivity contribution in [3.63, 3.8) is 0 Å². The summed E-state index contributed by atoms with van der Waals surface area (Å²) in [5.41, 5.74) is 0. The van der Waals surface area contributed by atoms with Gasteiger partial charge in [0.2, 0.25) is 12.3 Å². The van der Waals surface area contributed by atoms with E-state index in [0.29, 0.717) is 24.8 Å². The van der Waals surface area contributed by atoms with E-state index in [9.17, 15) is 9.59 Å². The SMILES string of the molecule is CC(C)CC(CNC=O)C(=O)NC1CNCC1C. The third kappa shape index (κ3) is 4.64. The van der Waals surface area contributed by atoms with Crippen LogP contribution in [0, 0.1) is 17.8 Å². The lowest BCUT2D eigenvalue weighted by atomic mass is 9.95. The number of nitrogens with one attached hydrogen (secondary N) is 3. The van der Waals surface area contributed by atoms with Crippen molar-refractivity contribution in [1.82, 2.24) is 16.0 Å². The van der Waals surface area contributed by atoms with E-state index >= 15 is 0 Å². The van der Waals surface area contributed by atoms with E-state index in [0.717, 1.165) is 19.5 Å². The lowest BCUT2D eigenvalue weighted by Crippen LogP contribution is -2.45. The fourth-order valence-corrected chi connectivity index (χ4v) is 2.35. The summed E-state index contributed by atoms with van der Waals surface area (Å²) in [4.78, 5) is 22.6. The monoisotopic (exact) mass is 255 g/mol. The summed E-state index contributed by atoms with van der Waals surface area (Å²) in [6, 6.07) is 0.211. The summed E-state index contributed by atoms with van der Waals surface area (Å²) >= 11 is 0. The zero-order chi connectivity index (χ0) is 13.5. The summed E-state index contributed by atoms with van der Waals surface area (Å²) in [5.74, 6) is 0.822. The van der Waals surface area contributed by atoms with Gasteiger partial charge in [0, 0.05) is 19.1 Å². The van der Waals surface area contributed by atoms with Gasteiger partial charge in [-0.15, -0.1) is 0 Å². The topological polar surface area (TPSA) is 70.2 Å². The Hall–Kier alpha value is -1.10. The van der Waals surface area contributed by atoms with E-state index in [-0.39, 0.29) is 17.9 Å². The van der Waals surface area contributed by atoms with Crippen LogP contribution in [-0.2, 0) is 9.59 Å². The van der Waals surface area contributed by atoms with Crippen molar-refractivity contribution in [2.24, 2.45) is 17.8 Å². The van der Waals surface area contributed by atoms with Gasteiger partial charge in [-0.2, -0.15) is 0 Å². The van der Waals surface area contributed by atoms with Crippen LogP contribution in [0.5, 0.6) is 0 Å². The van der Waals surface area contributed by atoms with Crippen molar-refractivity contribution in [1.29, 1.82) is 0 Å². The molecule has 18 heavy (non-hydrogen) atoms. The fourth-order valence-electron chi connectivity index (χ4n) is 2.35. The van der Waals surface area contributed by atoms with Crippen molar-refractivity contribution in [3.8, 4) is 0 Å². The van der Waals surface area contributed by atoms with Crippen molar-refractivity contribution in [2.75, 3.05) is 19.6 Å². The molecule has 1 aliphatic heterocycles. The van der Waals surface area contributed by atoms with Crippen LogP contribution in [0.2, 0.25) is 0 Å². The van der Waals surface area contributed by atoms with Crippen LogP contribution in [0.1, 0.15) is 27.2 Å². The van der Waals surface area contributed by atoms with E-state index in [4.69, 9.17) is 0 Å². The smallest absolute Gasteiger partial charge is 0.225 e. The molecule has 0 saturated carbocycles. The largest absolute Gasteiger partial charge is 0.358 e. The predicted octanol–water partition coefficient (Wildman–Crippen LogP) is 0.119.